The lowest BCUT2D eigenvalue weighted by atomic mass is 9.93. The molecule has 1 aliphatic carbocycles. The largest absolute Gasteiger partial charge is 0.337 e. The van der Waals surface area contributed by atoms with Crippen molar-refractivity contribution in [1.29, 1.82) is 0 Å². The number of alkyl halides is 1. The summed E-state index contributed by atoms with van der Waals surface area (Å²) in [6.45, 7) is 0. The number of benzene rings is 1. The molecule has 1 amide bonds. The fourth-order valence-electron chi connectivity index (χ4n) is 2.66. The number of para-hydroxylation sites is 1. The second-order valence-electron chi connectivity index (χ2n) is 5.06. The zero-order valence-electron chi connectivity index (χ0n) is 11.3. The maximum Gasteiger partial charge on any atom is 0.282 e. The van der Waals surface area contributed by atoms with E-state index in [0.29, 0.717) is 0 Å². The van der Waals surface area contributed by atoms with Gasteiger partial charge in [-0.1, -0.05) is 25.0 Å². The first kappa shape index (κ1) is 14.8. The Balaban J connectivity index is 2.24. The van der Waals surface area contributed by atoms with Crippen LogP contribution in [-0.2, 0) is 0 Å². The smallest absolute Gasteiger partial charge is 0.282 e. The molecule has 2 unspecified atom stereocenters. The van der Waals surface area contributed by atoms with Gasteiger partial charge >= 0.3 is 0 Å². The Morgan fingerprint density at radius 1 is 1.35 bits per heavy atom. The number of nitro groups is 1. The van der Waals surface area contributed by atoms with Gasteiger partial charge in [0.1, 0.15) is 5.56 Å². The Morgan fingerprint density at radius 3 is 2.65 bits per heavy atom. The molecule has 5 nitrogen and oxygen atoms in total. The molecule has 0 N–H and O–H groups in total. The molecular weight excluding hydrogens is 280 g/mol. The summed E-state index contributed by atoms with van der Waals surface area (Å²) in [4.78, 5) is 24.5. The van der Waals surface area contributed by atoms with Crippen LogP contribution < -0.4 is 0 Å². The molecule has 0 aliphatic heterocycles. The zero-order valence-corrected chi connectivity index (χ0v) is 12.0. The van der Waals surface area contributed by atoms with Crippen molar-refractivity contribution in [3.05, 3.63) is 39.9 Å². The minimum atomic E-state index is -0.528. The molecule has 1 aromatic carbocycles. The molecule has 0 saturated heterocycles. The first-order valence-corrected chi connectivity index (χ1v) is 7.10. The van der Waals surface area contributed by atoms with Crippen molar-refractivity contribution in [2.45, 2.75) is 37.1 Å². The van der Waals surface area contributed by atoms with Crippen molar-refractivity contribution in [3.63, 3.8) is 0 Å². The van der Waals surface area contributed by atoms with Crippen molar-refractivity contribution >= 4 is 23.2 Å². The van der Waals surface area contributed by atoms with Gasteiger partial charge in [0, 0.05) is 19.2 Å². The Morgan fingerprint density at radius 2 is 2.00 bits per heavy atom. The molecule has 0 heterocycles. The van der Waals surface area contributed by atoms with Gasteiger partial charge in [-0.25, -0.2) is 0 Å². The van der Waals surface area contributed by atoms with E-state index >= 15 is 0 Å². The minimum Gasteiger partial charge on any atom is -0.337 e. The summed E-state index contributed by atoms with van der Waals surface area (Å²) in [7, 11) is 1.67. The monoisotopic (exact) mass is 296 g/mol. The van der Waals surface area contributed by atoms with E-state index in [-0.39, 0.29) is 28.6 Å². The van der Waals surface area contributed by atoms with Crippen LogP contribution in [0.5, 0.6) is 0 Å². The second kappa shape index (κ2) is 6.22. The van der Waals surface area contributed by atoms with E-state index in [4.69, 9.17) is 11.6 Å². The summed E-state index contributed by atoms with van der Waals surface area (Å²) in [6, 6.07) is 5.97. The topological polar surface area (TPSA) is 63.5 Å². The Bertz CT molecular complexity index is 521. The van der Waals surface area contributed by atoms with E-state index < -0.39 is 4.92 Å². The summed E-state index contributed by atoms with van der Waals surface area (Å²) in [6.07, 6.45) is 3.82. The molecular formula is C14H17ClN2O3. The quantitative estimate of drug-likeness (QED) is 0.489. The Labute approximate surface area is 122 Å². The highest BCUT2D eigenvalue weighted by Gasteiger charge is 2.32. The molecule has 0 bridgehead atoms. The van der Waals surface area contributed by atoms with Crippen LogP contribution in [0.3, 0.4) is 0 Å². The summed E-state index contributed by atoms with van der Waals surface area (Å²) < 4.78 is 0. The van der Waals surface area contributed by atoms with Crippen molar-refractivity contribution in [3.8, 4) is 0 Å². The van der Waals surface area contributed by atoms with Crippen molar-refractivity contribution < 1.29 is 9.72 Å². The highest BCUT2D eigenvalue weighted by atomic mass is 35.5. The average Bonchev–Trinajstić information content (AvgIpc) is 2.46. The van der Waals surface area contributed by atoms with E-state index in [0.717, 1.165) is 25.7 Å². The van der Waals surface area contributed by atoms with Gasteiger partial charge in [0.15, 0.2) is 0 Å². The van der Waals surface area contributed by atoms with Crippen LogP contribution in [0.1, 0.15) is 36.0 Å². The van der Waals surface area contributed by atoms with Crippen LogP contribution in [0, 0.1) is 10.1 Å². The third-order valence-electron chi connectivity index (χ3n) is 3.80. The summed E-state index contributed by atoms with van der Waals surface area (Å²) in [5.41, 5.74) is -0.0410. The number of nitro benzene ring substituents is 1. The normalized spacial score (nSPS) is 22.3. The van der Waals surface area contributed by atoms with Gasteiger partial charge in [-0.15, -0.1) is 11.6 Å². The summed E-state index contributed by atoms with van der Waals surface area (Å²) >= 11 is 6.28. The average molecular weight is 297 g/mol. The molecule has 2 rings (SSSR count). The molecule has 0 aromatic heterocycles. The lowest BCUT2D eigenvalue weighted by Crippen LogP contribution is -2.44. The molecule has 20 heavy (non-hydrogen) atoms. The van der Waals surface area contributed by atoms with Gasteiger partial charge < -0.3 is 4.90 Å². The molecule has 2 atom stereocenters. The number of hydrogen-bond acceptors (Lipinski definition) is 3. The first-order chi connectivity index (χ1) is 9.52. The van der Waals surface area contributed by atoms with Crippen LogP contribution in [-0.4, -0.2) is 34.2 Å². The molecule has 1 saturated carbocycles. The highest BCUT2D eigenvalue weighted by molar-refractivity contribution is 6.21. The van der Waals surface area contributed by atoms with Crippen LogP contribution in [0.2, 0.25) is 0 Å². The fraction of sp³-hybridized carbons (Fsp3) is 0.500. The first-order valence-electron chi connectivity index (χ1n) is 6.67. The second-order valence-corrected chi connectivity index (χ2v) is 5.62. The predicted molar refractivity (Wildman–Crippen MR) is 77.1 cm³/mol. The lowest BCUT2D eigenvalue weighted by molar-refractivity contribution is -0.385. The van der Waals surface area contributed by atoms with Crippen LogP contribution in [0.15, 0.2) is 24.3 Å². The molecule has 1 aromatic rings. The zero-order chi connectivity index (χ0) is 14.7. The van der Waals surface area contributed by atoms with Crippen LogP contribution in [0.25, 0.3) is 0 Å². The van der Waals surface area contributed by atoms with Crippen LogP contribution in [0.4, 0.5) is 5.69 Å². The summed E-state index contributed by atoms with van der Waals surface area (Å²) in [5, 5.41) is 10.9. The Hall–Kier alpha value is -1.62. The maximum absolute atomic E-state index is 12.5. The van der Waals surface area contributed by atoms with E-state index in [2.05, 4.69) is 0 Å². The third-order valence-corrected chi connectivity index (χ3v) is 4.31. The van der Waals surface area contributed by atoms with E-state index in [1.165, 1.54) is 12.1 Å². The number of carbonyl (C=O) groups excluding carboxylic acids is 1. The number of nitrogens with zero attached hydrogens (tertiary/aromatic N) is 2. The number of halogens is 1. The van der Waals surface area contributed by atoms with E-state index in [1.54, 1.807) is 24.1 Å². The van der Waals surface area contributed by atoms with Gasteiger partial charge in [-0.2, -0.15) is 0 Å². The van der Waals surface area contributed by atoms with Crippen LogP contribution >= 0.6 is 11.6 Å². The number of amides is 1. The van der Waals surface area contributed by atoms with Gasteiger partial charge in [-0.3, -0.25) is 14.9 Å². The molecule has 0 radical (unpaired) electrons. The van der Waals surface area contributed by atoms with Gasteiger partial charge in [-0.05, 0) is 18.9 Å². The van der Waals surface area contributed by atoms with Gasteiger partial charge in [0.05, 0.1) is 10.3 Å². The lowest BCUT2D eigenvalue weighted by Gasteiger charge is -2.34. The standard InChI is InChI=1S/C14H17ClN2O3/c1-16(13-9-5-3-7-11(13)15)14(18)10-6-2-4-8-12(10)17(19)20/h2,4,6,8,11,13H,3,5,7,9H2,1H3. The number of hydrogen-bond donors (Lipinski definition) is 0. The van der Waals surface area contributed by atoms with E-state index in [1.807, 2.05) is 0 Å². The van der Waals surface area contributed by atoms with Crippen molar-refractivity contribution in [2.24, 2.45) is 0 Å². The molecule has 108 valence electrons. The fourth-order valence-corrected chi connectivity index (χ4v) is 3.11. The minimum absolute atomic E-state index is 0.0577. The molecule has 6 heteroatoms. The Kier molecular flexibility index (Phi) is 4.60. The van der Waals surface area contributed by atoms with Crippen molar-refractivity contribution in [1.82, 2.24) is 4.90 Å². The number of carbonyl (C=O) groups is 1. The highest BCUT2D eigenvalue weighted by Crippen LogP contribution is 2.28. The molecule has 0 spiro atoms. The van der Waals surface area contributed by atoms with Crippen molar-refractivity contribution in [2.75, 3.05) is 7.05 Å². The maximum atomic E-state index is 12.5. The van der Waals surface area contributed by atoms with E-state index in [9.17, 15) is 14.9 Å². The third kappa shape index (κ3) is 2.93. The summed E-state index contributed by atoms with van der Waals surface area (Å²) in [5.74, 6) is -0.338. The molecule has 1 aliphatic rings. The van der Waals surface area contributed by atoms with Gasteiger partial charge in [0.2, 0.25) is 0 Å². The van der Waals surface area contributed by atoms with Gasteiger partial charge in [0.25, 0.3) is 11.6 Å². The molecule has 1 fully saturated rings. The SMILES string of the molecule is CN(C(=O)c1ccccc1[N+](=O)[O-])C1CCCCC1Cl. The number of rotatable bonds is 3. The predicted octanol–water partition coefficient (Wildman–Crippen LogP) is 3.22.